The Morgan fingerprint density at radius 3 is 2.82 bits per heavy atom. The second kappa shape index (κ2) is 6.20. The van der Waals surface area contributed by atoms with Crippen LogP contribution in [0.5, 0.6) is 0 Å². The van der Waals surface area contributed by atoms with Crippen molar-refractivity contribution in [2.45, 2.75) is 19.8 Å². The van der Waals surface area contributed by atoms with E-state index in [1.807, 2.05) is 6.92 Å². The molecule has 17 heavy (non-hydrogen) atoms. The molecule has 0 amide bonds. The Morgan fingerprint density at radius 2 is 2.24 bits per heavy atom. The summed E-state index contributed by atoms with van der Waals surface area (Å²) >= 11 is 5.64. The summed E-state index contributed by atoms with van der Waals surface area (Å²) in [5, 5.41) is 11.0. The molecule has 0 atom stereocenters. The highest BCUT2D eigenvalue weighted by molar-refractivity contribution is 6.31. The first-order valence-electron chi connectivity index (χ1n) is 5.17. The maximum absolute atomic E-state index is 11.6. The van der Waals surface area contributed by atoms with Crippen LogP contribution >= 0.6 is 11.6 Å². The molecule has 92 valence electrons. The number of unbranched alkanes of at least 4 members (excludes halogenated alkanes) is 1. The van der Waals surface area contributed by atoms with Gasteiger partial charge in [0.05, 0.1) is 11.5 Å². The van der Waals surface area contributed by atoms with Gasteiger partial charge in [-0.3, -0.25) is 10.1 Å². The summed E-state index contributed by atoms with van der Waals surface area (Å²) in [4.78, 5) is 21.7. The van der Waals surface area contributed by atoms with Crippen molar-refractivity contribution in [3.63, 3.8) is 0 Å². The fourth-order valence-corrected chi connectivity index (χ4v) is 1.38. The predicted molar refractivity (Wildman–Crippen MR) is 63.3 cm³/mol. The third-order valence-electron chi connectivity index (χ3n) is 2.11. The molecular formula is C11H12ClNO4. The molecule has 5 nitrogen and oxygen atoms in total. The van der Waals surface area contributed by atoms with Crippen LogP contribution in [0.25, 0.3) is 0 Å². The molecule has 0 aromatic heterocycles. The number of hydrogen-bond acceptors (Lipinski definition) is 4. The van der Waals surface area contributed by atoms with Gasteiger partial charge in [-0.1, -0.05) is 24.9 Å². The molecule has 1 aromatic carbocycles. The molecule has 1 rings (SSSR count). The van der Waals surface area contributed by atoms with E-state index in [4.69, 9.17) is 16.3 Å². The number of benzene rings is 1. The second-order valence-corrected chi connectivity index (χ2v) is 3.84. The number of hydrogen-bond donors (Lipinski definition) is 0. The van der Waals surface area contributed by atoms with Gasteiger partial charge in [0.25, 0.3) is 5.69 Å². The quantitative estimate of drug-likeness (QED) is 0.351. The number of carbonyl (C=O) groups is 1. The molecule has 0 radical (unpaired) electrons. The zero-order valence-corrected chi connectivity index (χ0v) is 10.1. The molecule has 0 N–H and O–H groups in total. The topological polar surface area (TPSA) is 69.4 Å². The maximum atomic E-state index is 11.6. The number of ether oxygens (including phenoxy) is 1. The van der Waals surface area contributed by atoms with Crippen molar-refractivity contribution >= 4 is 23.3 Å². The molecule has 0 saturated heterocycles. The Morgan fingerprint density at radius 1 is 1.53 bits per heavy atom. The van der Waals surface area contributed by atoms with Gasteiger partial charge in [0.1, 0.15) is 5.56 Å². The molecule has 0 aliphatic rings. The average molecular weight is 258 g/mol. The first-order valence-corrected chi connectivity index (χ1v) is 5.55. The monoisotopic (exact) mass is 257 g/mol. The minimum atomic E-state index is -0.693. The van der Waals surface area contributed by atoms with Gasteiger partial charge in [-0.2, -0.15) is 0 Å². The molecular weight excluding hydrogens is 246 g/mol. The maximum Gasteiger partial charge on any atom is 0.345 e. The van der Waals surface area contributed by atoms with Gasteiger partial charge in [-0.05, 0) is 18.6 Å². The highest BCUT2D eigenvalue weighted by Crippen LogP contribution is 2.23. The molecule has 0 fully saturated rings. The summed E-state index contributed by atoms with van der Waals surface area (Å²) < 4.78 is 4.91. The highest BCUT2D eigenvalue weighted by Gasteiger charge is 2.21. The normalized spacial score (nSPS) is 10.0. The van der Waals surface area contributed by atoms with Gasteiger partial charge in [0.15, 0.2) is 0 Å². The summed E-state index contributed by atoms with van der Waals surface area (Å²) in [7, 11) is 0. The number of nitro groups is 1. The van der Waals surface area contributed by atoms with Crippen LogP contribution in [0, 0.1) is 10.1 Å². The number of rotatable bonds is 5. The van der Waals surface area contributed by atoms with Crippen molar-refractivity contribution < 1.29 is 14.5 Å². The van der Waals surface area contributed by atoms with Crippen LogP contribution in [0.4, 0.5) is 5.69 Å². The predicted octanol–water partition coefficient (Wildman–Crippen LogP) is 3.21. The Balaban J connectivity index is 2.89. The summed E-state index contributed by atoms with van der Waals surface area (Å²) in [6.45, 7) is 2.22. The SMILES string of the molecule is CCCCOC(=O)c1ccc(Cl)cc1[N+](=O)[O-]. The van der Waals surface area contributed by atoms with Crippen LogP contribution in [0.1, 0.15) is 30.1 Å². The third kappa shape index (κ3) is 3.71. The lowest BCUT2D eigenvalue weighted by molar-refractivity contribution is -0.385. The molecule has 0 heterocycles. The van der Waals surface area contributed by atoms with Crippen LogP contribution in [-0.4, -0.2) is 17.5 Å². The molecule has 0 aliphatic heterocycles. The van der Waals surface area contributed by atoms with Gasteiger partial charge in [-0.15, -0.1) is 0 Å². The fraction of sp³-hybridized carbons (Fsp3) is 0.364. The summed E-state index contributed by atoms with van der Waals surface area (Å²) in [6, 6.07) is 3.86. The molecule has 0 aliphatic carbocycles. The molecule has 0 spiro atoms. The van der Waals surface area contributed by atoms with Crippen LogP contribution in [0.2, 0.25) is 5.02 Å². The molecule has 0 saturated carbocycles. The lowest BCUT2D eigenvalue weighted by Gasteiger charge is -2.04. The van der Waals surface area contributed by atoms with Crippen LogP contribution in [-0.2, 0) is 4.74 Å². The van der Waals surface area contributed by atoms with E-state index in [9.17, 15) is 14.9 Å². The van der Waals surface area contributed by atoms with Crippen molar-refractivity contribution in [1.29, 1.82) is 0 Å². The summed E-state index contributed by atoms with van der Waals surface area (Å²) in [6.07, 6.45) is 1.61. The second-order valence-electron chi connectivity index (χ2n) is 3.41. The van der Waals surface area contributed by atoms with Crippen LogP contribution in [0.3, 0.4) is 0 Å². The lowest BCUT2D eigenvalue weighted by atomic mass is 10.2. The van der Waals surface area contributed by atoms with Crippen molar-refractivity contribution in [2.24, 2.45) is 0 Å². The van der Waals surface area contributed by atoms with Gasteiger partial charge >= 0.3 is 5.97 Å². The Labute approximate surface area is 103 Å². The van der Waals surface area contributed by atoms with Crippen molar-refractivity contribution in [3.8, 4) is 0 Å². The van der Waals surface area contributed by atoms with Gasteiger partial charge in [-0.25, -0.2) is 4.79 Å². The van der Waals surface area contributed by atoms with E-state index < -0.39 is 10.9 Å². The third-order valence-corrected chi connectivity index (χ3v) is 2.34. The molecule has 1 aromatic rings. The molecule has 0 unspecified atom stereocenters. The number of carbonyl (C=O) groups excluding carboxylic acids is 1. The van der Waals surface area contributed by atoms with Crippen LogP contribution < -0.4 is 0 Å². The van der Waals surface area contributed by atoms with Crippen molar-refractivity contribution in [2.75, 3.05) is 6.61 Å². The minimum absolute atomic E-state index is 0.0736. The number of halogens is 1. The zero-order chi connectivity index (χ0) is 12.8. The Bertz CT molecular complexity index is 433. The number of nitrogens with zero attached hydrogens (tertiary/aromatic N) is 1. The van der Waals surface area contributed by atoms with E-state index in [-0.39, 0.29) is 22.9 Å². The van der Waals surface area contributed by atoms with Crippen molar-refractivity contribution in [3.05, 3.63) is 38.9 Å². The van der Waals surface area contributed by atoms with E-state index >= 15 is 0 Å². The standard InChI is InChI=1S/C11H12ClNO4/c1-2-3-6-17-11(14)9-5-4-8(12)7-10(9)13(15)16/h4-5,7H,2-3,6H2,1H3. The van der Waals surface area contributed by atoms with E-state index in [2.05, 4.69) is 0 Å². The number of esters is 1. The average Bonchev–Trinajstić information content (AvgIpc) is 2.29. The van der Waals surface area contributed by atoms with E-state index in [1.165, 1.54) is 12.1 Å². The van der Waals surface area contributed by atoms with E-state index in [0.29, 0.717) is 0 Å². The smallest absolute Gasteiger partial charge is 0.345 e. The Kier molecular flexibility index (Phi) is 4.90. The Hall–Kier alpha value is -1.62. The zero-order valence-electron chi connectivity index (χ0n) is 9.31. The number of nitro benzene ring substituents is 1. The van der Waals surface area contributed by atoms with E-state index in [1.54, 1.807) is 0 Å². The van der Waals surface area contributed by atoms with Crippen molar-refractivity contribution in [1.82, 2.24) is 0 Å². The first-order chi connectivity index (χ1) is 8.06. The summed E-state index contributed by atoms with van der Waals surface area (Å²) in [5.41, 5.74) is -0.408. The lowest BCUT2D eigenvalue weighted by Crippen LogP contribution is -2.09. The van der Waals surface area contributed by atoms with Gasteiger partial charge in [0, 0.05) is 11.1 Å². The summed E-state index contributed by atoms with van der Waals surface area (Å²) in [5.74, 6) is -0.693. The van der Waals surface area contributed by atoms with Gasteiger partial charge in [0.2, 0.25) is 0 Å². The van der Waals surface area contributed by atoms with Gasteiger partial charge < -0.3 is 4.74 Å². The fourth-order valence-electron chi connectivity index (χ4n) is 1.22. The highest BCUT2D eigenvalue weighted by atomic mass is 35.5. The van der Waals surface area contributed by atoms with Crippen LogP contribution in [0.15, 0.2) is 18.2 Å². The first kappa shape index (κ1) is 13.4. The van der Waals surface area contributed by atoms with E-state index in [0.717, 1.165) is 18.9 Å². The molecule has 0 bridgehead atoms. The largest absolute Gasteiger partial charge is 0.462 e. The molecule has 6 heteroatoms. The minimum Gasteiger partial charge on any atom is -0.462 e.